The van der Waals surface area contributed by atoms with Crippen LogP contribution in [-0.2, 0) is 0 Å². The SMILES string of the molecule is Cc1cccc(/N=C2/SC(C)CN2C(=S)Nc2cccc(Cl)c2)n1. The molecule has 0 radical (unpaired) electrons. The van der Waals surface area contributed by atoms with Crippen molar-refractivity contribution in [2.45, 2.75) is 19.1 Å². The number of pyridine rings is 1. The van der Waals surface area contributed by atoms with Crippen LogP contribution in [0.1, 0.15) is 12.6 Å². The van der Waals surface area contributed by atoms with Crippen molar-refractivity contribution in [2.75, 3.05) is 11.9 Å². The summed E-state index contributed by atoms with van der Waals surface area (Å²) in [4.78, 5) is 11.1. The highest BCUT2D eigenvalue weighted by molar-refractivity contribution is 8.14. The maximum Gasteiger partial charge on any atom is 0.179 e. The molecule has 1 aromatic heterocycles. The number of anilines is 1. The summed E-state index contributed by atoms with van der Waals surface area (Å²) in [5.74, 6) is 0.696. The van der Waals surface area contributed by atoms with Crippen LogP contribution in [0.15, 0.2) is 47.5 Å². The van der Waals surface area contributed by atoms with Crippen LogP contribution in [0, 0.1) is 6.92 Å². The topological polar surface area (TPSA) is 40.5 Å². The lowest BCUT2D eigenvalue weighted by Crippen LogP contribution is -2.36. The van der Waals surface area contributed by atoms with Gasteiger partial charge in [0.2, 0.25) is 0 Å². The first-order valence-electron chi connectivity index (χ1n) is 7.54. The number of halogens is 1. The second-order valence-electron chi connectivity index (χ2n) is 5.51. The Kier molecular flexibility index (Phi) is 5.38. The number of aliphatic imine (C=N–C) groups is 1. The van der Waals surface area contributed by atoms with E-state index in [4.69, 9.17) is 23.8 Å². The molecule has 1 aliphatic rings. The molecule has 0 bridgehead atoms. The number of nitrogens with zero attached hydrogens (tertiary/aromatic N) is 3. The predicted molar refractivity (Wildman–Crippen MR) is 108 cm³/mol. The fraction of sp³-hybridized carbons (Fsp3) is 0.235. The molecule has 1 fully saturated rings. The van der Waals surface area contributed by atoms with Gasteiger partial charge in [0.25, 0.3) is 0 Å². The van der Waals surface area contributed by atoms with Crippen LogP contribution in [0.4, 0.5) is 11.5 Å². The van der Waals surface area contributed by atoms with E-state index in [1.165, 1.54) is 0 Å². The minimum atomic E-state index is 0.410. The van der Waals surface area contributed by atoms with Gasteiger partial charge in [-0.2, -0.15) is 0 Å². The van der Waals surface area contributed by atoms with E-state index in [0.29, 0.717) is 21.2 Å². The Morgan fingerprint density at radius 2 is 2.17 bits per heavy atom. The lowest BCUT2D eigenvalue weighted by atomic mass is 10.3. The van der Waals surface area contributed by atoms with Crippen LogP contribution in [0.25, 0.3) is 0 Å². The van der Waals surface area contributed by atoms with Gasteiger partial charge in [-0.25, -0.2) is 9.98 Å². The number of rotatable bonds is 2. The lowest BCUT2D eigenvalue weighted by Gasteiger charge is -2.20. The Morgan fingerprint density at radius 3 is 2.92 bits per heavy atom. The van der Waals surface area contributed by atoms with Crippen molar-refractivity contribution in [2.24, 2.45) is 4.99 Å². The smallest absolute Gasteiger partial charge is 0.179 e. The van der Waals surface area contributed by atoms with E-state index in [2.05, 4.69) is 22.2 Å². The van der Waals surface area contributed by atoms with E-state index in [9.17, 15) is 0 Å². The largest absolute Gasteiger partial charge is 0.332 e. The first kappa shape index (κ1) is 17.2. The lowest BCUT2D eigenvalue weighted by molar-refractivity contribution is 0.641. The van der Waals surface area contributed by atoms with Crippen LogP contribution < -0.4 is 5.32 Å². The van der Waals surface area contributed by atoms with E-state index < -0.39 is 0 Å². The van der Waals surface area contributed by atoms with E-state index in [1.54, 1.807) is 11.8 Å². The molecule has 3 rings (SSSR count). The van der Waals surface area contributed by atoms with Crippen molar-refractivity contribution >= 4 is 57.4 Å². The highest BCUT2D eigenvalue weighted by atomic mass is 35.5. The fourth-order valence-electron chi connectivity index (χ4n) is 2.32. The Labute approximate surface area is 156 Å². The molecular formula is C17H17ClN4S2. The van der Waals surface area contributed by atoms with Gasteiger partial charge in [0.05, 0.1) is 0 Å². The third-order valence-electron chi connectivity index (χ3n) is 3.38. The quantitative estimate of drug-likeness (QED) is 0.757. The summed E-state index contributed by atoms with van der Waals surface area (Å²) < 4.78 is 0. The molecule has 1 unspecified atom stereocenters. The Hall–Kier alpha value is -1.63. The van der Waals surface area contributed by atoms with Crippen LogP contribution in [0.3, 0.4) is 0 Å². The zero-order chi connectivity index (χ0) is 17.1. The Balaban J connectivity index is 1.81. The van der Waals surface area contributed by atoms with E-state index in [-0.39, 0.29) is 0 Å². The summed E-state index contributed by atoms with van der Waals surface area (Å²) in [7, 11) is 0. The van der Waals surface area contributed by atoms with Crippen molar-refractivity contribution in [1.29, 1.82) is 0 Å². The molecule has 2 heterocycles. The highest BCUT2D eigenvalue weighted by Crippen LogP contribution is 2.28. The van der Waals surface area contributed by atoms with Crippen LogP contribution in [0.5, 0.6) is 0 Å². The van der Waals surface area contributed by atoms with Crippen molar-refractivity contribution in [3.63, 3.8) is 0 Å². The number of thiocarbonyl (C=S) groups is 1. The van der Waals surface area contributed by atoms with Gasteiger partial charge in [0, 0.05) is 28.2 Å². The number of benzene rings is 1. The summed E-state index contributed by atoms with van der Waals surface area (Å²) in [5.41, 5.74) is 1.81. The predicted octanol–water partition coefficient (Wildman–Crippen LogP) is 4.87. The number of thioether (sulfide) groups is 1. The summed E-state index contributed by atoms with van der Waals surface area (Å²) in [5, 5.41) is 5.78. The van der Waals surface area contributed by atoms with Gasteiger partial charge in [-0.3, -0.25) is 4.90 Å². The third kappa shape index (κ3) is 4.26. The van der Waals surface area contributed by atoms with Crippen molar-refractivity contribution in [3.05, 3.63) is 53.2 Å². The minimum Gasteiger partial charge on any atom is -0.332 e. The van der Waals surface area contributed by atoms with E-state index >= 15 is 0 Å². The van der Waals surface area contributed by atoms with Gasteiger partial charge in [-0.15, -0.1) is 0 Å². The molecule has 7 heteroatoms. The minimum absolute atomic E-state index is 0.410. The maximum absolute atomic E-state index is 6.03. The summed E-state index contributed by atoms with van der Waals surface area (Å²) in [6.45, 7) is 4.92. The number of aromatic nitrogens is 1. The van der Waals surface area contributed by atoms with Crippen LogP contribution >= 0.6 is 35.6 Å². The number of aryl methyl sites for hydroxylation is 1. The van der Waals surface area contributed by atoms with Gasteiger partial charge >= 0.3 is 0 Å². The fourth-order valence-corrected chi connectivity index (χ4v) is 3.87. The molecule has 0 spiro atoms. The second-order valence-corrected chi connectivity index (χ2v) is 7.74. The zero-order valence-corrected chi connectivity index (χ0v) is 15.8. The third-order valence-corrected chi connectivity index (χ3v) is 5.01. The molecule has 1 aliphatic heterocycles. The molecule has 0 amide bonds. The number of hydrogen-bond acceptors (Lipinski definition) is 4. The van der Waals surface area contributed by atoms with Gasteiger partial charge in [-0.05, 0) is 49.5 Å². The van der Waals surface area contributed by atoms with Gasteiger partial charge in [0.1, 0.15) is 0 Å². The van der Waals surface area contributed by atoms with Gasteiger partial charge in [0.15, 0.2) is 16.1 Å². The normalized spacial score (nSPS) is 18.9. The summed E-state index contributed by atoms with van der Waals surface area (Å²) >= 11 is 13.3. The molecule has 1 atom stereocenters. The van der Waals surface area contributed by atoms with Crippen molar-refractivity contribution in [3.8, 4) is 0 Å². The van der Waals surface area contributed by atoms with Crippen molar-refractivity contribution < 1.29 is 0 Å². The maximum atomic E-state index is 6.03. The number of amidine groups is 1. The average Bonchev–Trinajstić information content (AvgIpc) is 2.88. The number of hydrogen-bond donors (Lipinski definition) is 1. The molecule has 1 saturated heterocycles. The Morgan fingerprint density at radius 1 is 1.38 bits per heavy atom. The summed E-state index contributed by atoms with van der Waals surface area (Å²) in [6.07, 6.45) is 0. The molecule has 0 aliphatic carbocycles. The van der Waals surface area contributed by atoms with Crippen molar-refractivity contribution in [1.82, 2.24) is 9.88 Å². The van der Waals surface area contributed by atoms with E-state index in [1.807, 2.05) is 54.3 Å². The molecular weight excluding hydrogens is 360 g/mol. The zero-order valence-electron chi connectivity index (χ0n) is 13.4. The van der Waals surface area contributed by atoms with E-state index in [0.717, 1.165) is 23.1 Å². The molecule has 24 heavy (non-hydrogen) atoms. The highest BCUT2D eigenvalue weighted by Gasteiger charge is 2.29. The second kappa shape index (κ2) is 7.51. The average molecular weight is 377 g/mol. The summed E-state index contributed by atoms with van der Waals surface area (Å²) in [6, 6.07) is 13.3. The first-order valence-corrected chi connectivity index (χ1v) is 9.21. The molecule has 124 valence electrons. The van der Waals surface area contributed by atoms with Crippen LogP contribution in [0.2, 0.25) is 5.02 Å². The molecule has 1 aromatic carbocycles. The van der Waals surface area contributed by atoms with Crippen LogP contribution in [-0.4, -0.2) is 32.0 Å². The standard InChI is InChI=1S/C17H17ClN4S2/c1-11-5-3-8-15(19-11)21-17-22(10-12(2)24-17)16(23)20-14-7-4-6-13(18)9-14/h3-9,12H,10H2,1-2H3,(H,20,23)/b21-17+. The molecule has 4 nitrogen and oxygen atoms in total. The first-order chi connectivity index (χ1) is 11.5. The number of nitrogens with one attached hydrogen (secondary N) is 1. The monoisotopic (exact) mass is 376 g/mol. The van der Waals surface area contributed by atoms with Gasteiger partial charge < -0.3 is 5.32 Å². The molecule has 2 aromatic rings. The molecule has 1 N–H and O–H groups in total. The Bertz CT molecular complexity index is 794. The molecule has 0 saturated carbocycles. The van der Waals surface area contributed by atoms with Gasteiger partial charge in [-0.1, -0.05) is 42.4 Å².